The molecule has 0 bridgehead atoms. The van der Waals surface area contributed by atoms with Gasteiger partial charge in [0.25, 0.3) is 0 Å². The number of aromatic nitrogens is 2. The summed E-state index contributed by atoms with van der Waals surface area (Å²) in [6, 6.07) is 54.2. The molecule has 0 amide bonds. The maximum absolute atomic E-state index is 9.02. The molecule has 0 N–H and O–H groups in total. The summed E-state index contributed by atoms with van der Waals surface area (Å²) in [7, 11) is 0. The van der Waals surface area contributed by atoms with Crippen molar-refractivity contribution in [2.24, 2.45) is 0 Å². The quantitative estimate of drug-likeness (QED) is 0.142. The van der Waals surface area contributed by atoms with E-state index in [9.17, 15) is 0 Å². The molecule has 66 heavy (non-hydrogen) atoms. The first kappa shape index (κ1) is 32.5. The van der Waals surface area contributed by atoms with Crippen molar-refractivity contribution in [2.75, 3.05) is 9.80 Å². The van der Waals surface area contributed by atoms with Gasteiger partial charge in [-0.25, -0.2) is 4.98 Å². The summed E-state index contributed by atoms with van der Waals surface area (Å²) >= 11 is 0. The zero-order valence-electron chi connectivity index (χ0n) is 46.2. The third kappa shape index (κ3) is 7.67. The van der Waals surface area contributed by atoms with E-state index in [1.807, 2.05) is 109 Å². The smallest absolute Gasteiger partial charge is 0.135 e. The van der Waals surface area contributed by atoms with Crippen LogP contribution in [0, 0.1) is 32.5 Å². The second-order valence-corrected chi connectivity index (χ2v) is 17.0. The summed E-state index contributed by atoms with van der Waals surface area (Å²) in [6.45, 7) is 3.23. The monoisotopic (exact) mass is 1040 g/mol. The average Bonchev–Trinajstić information content (AvgIpc) is 4.08. The van der Waals surface area contributed by atoms with Gasteiger partial charge in [0, 0.05) is 80.7 Å². The number of para-hydroxylation sites is 4. The first-order valence-corrected chi connectivity index (χ1v) is 21.4. The molecule has 3 heterocycles. The minimum atomic E-state index is -2.59. The topological polar surface area (TPSA) is 33.5 Å². The van der Waals surface area contributed by atoms with Gasteiger partial charge in [-0.1, -0.05) is 154 Å². The van der Waals surface area contributed by atoms with Crippen molar-refractivity contribution in [3.05, 3.63) is 224 Å². The number of aryl methyl sites for hydroxylation is 2. The normalized spacial score (nSPS) is 15.0. The predicted octanol–water partition coefficient (Wildman–Crippen LogP) is 15.9. The van der Waals surface area contributed by atoms with Gasteiger partial charge >= 0.3 is 0 Å². The van der Waals surface area contributed by atoms with Crippen molar-refractivity contribution in [3.63, 3.8) is 0 Å². The van der Waals surface area contributed by atoms with Crippen LogP contribution in [0.15, 0.2) is 188 Å². The third-order valence-corrected chi connectivity index (χ3v) is 11.9. The van der Waals surface area contributed by atoms with Gasteiger partial charge in [-0.3, -0.25) is 0 Å². The Morgan fingerprint density at radius 3 is 2.14 bits per heavy atom. The van der Waals surface area contributed by atoms with Gasteiger partial charge in [0.2, 0.25) is 0 Å². The summed E-state index contributed by atoms with van der Waals surface area (Å²) in [4.78, 5) is 8.85. The predicted molar refractivity (Wildman–Crippen MR) is 269 cm³/mol. The Balaban J connectivity index is 0.00000657. The third-order valence-electron chi connectivity index (χ3n) is 11.9. The van der Waals surface area contributed by atoms with Crippen molar-refractivity contribution < 1.29 is 39.5 Å². The number of hydrogen-bond acceptors (Lipinski definition) is 4. The van der Waals surface area contributed by atoms with E-state index >= 15 is 0 Å². The number of ether oxygens (including phenoxy) is 1. The number of hydrogen-bond donors (Lipinski definition) is 0. The van der Waals surface area contributed by atoms with Crippen molar-refractivity contribution in [1.82, 2.24) is 9.55 Å². The SMILES string of the molecule is [2H]c1c([2H])c([2H])c2c(c1[2H])c1ccc(Oc3[c-]c(N4[CH-]N(c5c(-c6ccccc6)cccc5-c5ccc(-c6ccccc6C([2H])([2H])[2H])cc5C([2H])([2H])[2H])c5ccccc54)ccc3)[c-]c1n2-c1ccc(C(C)(C)C)cn1.[Pt]. The fourth-order valence-electron chi connectivity index (χ4n) is 8.66. The summed E-state index contributed by atoms with van der Waals surface area (Å²) < 4.78 is 94.7. The number of fused-ring (bicyclic) bond motifs is 4. The van der Waals surface area contributed by atoms with E-state index in [-0.39, 0.29) is 67.3 Å². The van der Waals surface area contributed by atoms with Crippen LogP contribution < -0.4 is 14.5 Å². The number of rotatable bonds is 8. The van der Waals surface area contributed by atoms with Gasteiger partial charge in [-0.2, -0.15) is 12.1 Å². The molecule has 0 radical (unpaired) electrons. The van der Waals surface area contributed by atoms with Gasteiger partial charge in [0.05, 0.1) is 5.48 Å². The Morgan fingerprint density at radius 2 is 1.33 bits per heavy atom. The molecule has 0 fully saturated rings. The Hall–Kier alpha value is -7.20. The molecular weight excluding hydrogens is 988 g/mol. The van der Waals surface area contributed by atoms with Gasteiger partial charge in [-0.15, -0.1) is 48.1 Å². The van der Waals surface area contributed by atoms with E-state index in [4.69, 9.17) is 23.4 Å². The van der Waals surface area contributed by atoms with E-state index in [1.165, 1.54) is 0 Å². The molecule has 326 valence electrons. The molecule has 0 saturated carbocycles. The molecule has 6 heteroatoms. The minimum Gasteiger partial charge on any atom is -0.509 e. The molecule has 8 aromatic carbocycles. The van der Waals surface area contributed by atoms with Crippen LogP contribution >= 0.6 is 0 Å². The average molecular weight is 1050 g/mol. The van der Waals surface area contributed by atoms with Crippen LogP contribution in [0.2, 0.25) is 0 Å². The van der Waals surface area contributed by atoms with Crippen LogP contribution in [0.3, 0.4) is 0 Å². The van der Waals surface area contributed by atoms with Gasteiger partial charge in [-0.05, 0) is 87.7 Å². The Kier molecular flexibility index (Phi) is 8.51. The molecule has 0 saturated heterocycles. The molecule has 0 unspecified atom stereocenters. The number of nitrogens with zero attached hydrogens (tertiary/aromatic N) is 4. The molecule has 5 nitrogen and oxygen atoms in total. The minimum absolute atomic E-state index is 0. The second-order valence-electron chi connectivity index (χ2n) is 17.0. The number of benzene rings is 8. The van der Waals surface area contributed by atoms with Crippen molar-refractivity contribution in [1.29, 1.82) is 0 Å². The summed E-state index contributed by atoms with van der Waals surface area (Å²) in [5.41, 5.74) is 8.52. The standard InChI is InChI=1S/C60H47N4O.Pt/c1-40-17-9-10-22-48(40)43-29-32-49(41(2)35-43)53-25-16-24-50(42-18-7-6-8-19-42)59(53)63-39-62(55-27-13-14-28-56(55)63)45-20-15-21-46(36-45)65-47-31-33-52-51-23-11-12-26-54(51)64(57(52)37-47)58-34-30-44(38-61-58)60(3,4)5;/h6-35,38-39H,1-5H3;/q-3;/i1D3,2D3,11D,12D,23D,26D;. The van der Waals surface area contributed by atoms with Crippen LogP contribution in [-0.4, -0.2) is 9.55 Å². The van der Waals surface area contributed by atoms with Crippen LogP contribution in [-0.2, 0) is 26.5 Å². The first-order chi connectivity index (χ1) is 35.8. The van der Waals surface area contributed by atoms with Crippen molar-refractivity contribution in [2.45, 2.75) is 39.9 Å². The summed E-state index contributed by atoms with van der Waals surface area (Å²) in [5, 5.41) is 0.908. The Labute approximate surface area is 415 Å². The van der Waals surface area contributed by atoms with Crippen LogP contribution in [0.4, 0.5) is 22.7 Å². The maximum Gasteiger partial charge on any atom is 0.135 e. The largest absolute Gasteiger partial charge is 0.509 e. The van der Waals surface area contributed by atoms with Crippen LogP contribution in [0.25, 0.3) is 61.0 Å². The van der Waals surface area contributed by atoms with Crippen LogP contribution in [0.5, 0.6) is 11.5 Å². The molecule has 0 spiro atoms. The van der Waals surface area contributed by atoms with E-state index in [2.05, 4.69) is 37.8 Å². The van der Waals surface area contributed by atoms with Crippen molar-refractivity contribution >= 4 is 44.6 Å². The summed E-state index contributed by atoms with van der Waals surface area (Å²) in [5.74, 6) is 1.14. The molecule has 1 aliphatic heterocycles. The van der Waals surface area contributed by atoms with E-state index < -0.39 is 13.7 Å². The van der Waals surface area contributed by atoms with Gasteiger partial charge < -0.3 is 19.1 Å². The molecule has 1 aliphatic rings. The zero-order chi connectivity index (χ0) is 52.7. The molecule has 2 aromatic heterocycles. The zero-order valence-corrected chi connectivity index (χ0v) is 38.5. The molecule has 10 aromatic rings. The first-order valence-electron chi connectivity index (χ1n) is 26.4. The van der Waals surface area contributed by atoms with E-state index in [1.54, 1.807) is 71.4 Å². The van der Waals surface area contributed by atoms with E-state index in [0.717, 1.165) is 33.8 Å². The Morgan fingerprint density at radius 1 is 0.606 bits per heavy atom. The fraction of sp³-hybridized carbons (Fsp3) is 0.100. The van der Waals surface area contributed by atoms with Gasteiger partial charge in [0.1, 0.15) is 5.82 Å². The van der Waals surface area contributed by atoms with Crippen molar-refractivity contribution in [3.8, 4) is 50.7 Å². The molecular formula is C60H47N4OPt-3. The number of anilines is 4. The molecule has 11 rings (SSSR count). The molecule has 0 atom stereocenters. The second kappa shape index (κ2) is 17.3. The van der Waals surface area contributed by atoms with Crippen LogP contribution in [0.1, 0.15) is 51.2 Å². The maximum atomic E-state index is 9.02. The van der Waals surface area contributed by atoms with Gasteiger partial charge in [0.15, 0.2) is 0 Å². The summed E-state index contributed by atoms with van der Waals surface area (Å²) in [6.07, 6.45) is 1.79. The Bertz CT molecular complexity index is 3870. The number of pyridine rings is 1. The van der Waals surface area contributed by atoms with E-state index in [0.29, 0.717) is 61.5 Å². The molecule has 0 aliphatic carbocycles. The fourth-order valence-corrected chi connectivity index (χ4v) is 8.66.